The van der Waals surface area contributed by atoms with E-state index in [1.807, 2.05) is 0 Å². The van der Waals surface area contributed by atoms with Crippen molar-refractivity contribution in [1.29, 1.82) is 0 Å². The van der Waals surface area contributed by atoms with E-state index in [-0.39, 0.29) is 23.7 Å². The van der Waals surface area contributed by atoms with Gasteiger partial charge in [0.25, 0.3) is 0 Å². The highest BCUT2D eigenvalue weighted by Crippen LogP contribution is 2.24. The minimum Gasteiger partial charge on any atom is -0.497 e. The van der Waals surface area contributed by atoms with Crippen molar-refractivity contribution >= 4 is 11.8 Å². The number of alkyl halides is 3. The predicted molar refractivity (Wildman–Crippen MR) is 106 cm³/mol. The van der Waals surface area contributed by atoms with Crippen LogP contribution in [0.2, 0.25) is 0 Å². The molecule has 0 saturated carbocycles. The molecule has 166 valence electrons. The fraction of sp³-hybridized carbons (Fsp3) is 0.619. The normalized spacial score (nSPS) is 20.9. The number of carbonyl (C=O) groups is 2. The topological polar surface area (TPSA) is 61.9 Å². The molecule has 2 heterocycles. The quantitative estimate of drug-likeness (QED) is 0.709. The van der Waals surface area contributed by atoms with Gasteiger partial charge in [0.15, 0.2) is 5.78 Å². The van der Waals surface area contributed by atoms with Crippen molar-refractivity contribution in [3.63, 3.8) is 0 Å². The number of rotatable bonds is 6. The monoisotopic (exact) mass is 427 g/mol. The molecule has 1 N–H and O–H groups in total. The molecule has 2 amide bonds. The Morgan fingerprint density at radius 3 is 2.37 bits per heavy atom. The van der Waals surface area contributed by atoms with Crippen molar-refractivity contribution in [2.24, 2.45) is 11.8 Å². The van der Waals surface area contributed by atoms with E-state index in [9.17, 15) is 22.8 Å². The lowest BCUT2D eigenvalue weighted by molar-refractivity contribution is -0.143. The second kappa shape index (κ2) is 9.68. The predicted octanol–water partition coefficient (Wildman–Crippen LogP) is 3.18. The Hall–Kier alpha value is -2.29. The van der Waals surface area contributed by atoms with E-state index in [2.05, 4.69) is 5.32 Å². The maximum absolute atomic E-state index is 12.7. The van der Waals surface area contributed by atoms with Gasteiger partial charge in [-0.15, -0.1) is 0 Å². The lowest BCUT2D eigenvalue weighted by atomic mass is 9.89. The number of ketones is 1. The Bertz CT molecular complexity index is 731. The van der Waals surface area contributed by atoms with Gasteiger partial charge >= 0.3 is 12.2 Å². The van der Waals surface area contributed by atoms with E-state index in [4.69, 9.17) is 4.74 Å². The molecule has 0 aromatic heterocycles. The van der Waals surface area contributed by atoms with Crippen LogP contribution >= 0.6 is 0 Å². The van der Waals surface area contributed by atoms with Gasteiger partial charge in [-0.1, -0.05) is 0 Å². The molecule has 0 bridgehead atoms. The van der Waals surface area contributed by atoms with Gasteiger partial charge in [0.2, 0.25) is 0 Å². The highest BCUT2D eigenvalue weighted by atomic mass is 19.4. The van der Waals surface area contributed by atoms with Crippen molar-refractivity contribution in [2.45, 2.75) is 25.4 Å². The number of nitrogens with zero attached hydrogens (tertiary/aromatic N) is 2. The zero-order valence-corrected chi connectivity index (χ0v) is 17.1. The smallest absolute Gasteiger partial charge is 0.401 e. The van der Waals surface area contributed by atoms with Crippen LogP contribution in [-0.4, -0.2) is 74.2 Å². The summed E-state index contributed by atoms with van der Waals surface area (Å²) in [4.78, 5) is 28.1. The molecule has 6 nitrogen and oxygen atoms in total. The van der Waals surface area contributed by atoms with Crippen LogP contribution in [0.3, 0.4) is 0 Å². The molecular weight excluding hydrogens is 399 g/mol. The number of methoxy groups -OCH3 is 1. The standard InChI is InChI=1S/C21H28F3N3O3/c1-30-18-4-2-16(3-5-18)19(28)17-7-10-27(11-8-17)20(29)25-12-15-6-9-26(13-15)14-21(22,23)24/h2-5,15,17H,6-14H2,1H3,(H,25,29). The molecular formula is C21H28F3N3O3. The van der Waals surface area contributed by atoms with Crippen molar-refractivity contribution in [3.8, 4) is 5.75 Å². The number of urea groups is 1. The maximum Gasteiger partial charge on any atom is 0.401 e. The number of ether oxygens (including phenoxy) is 1. The average molecular weight is 427 g/mol. The van der Waals surface area contributed by atoms with Gasteiger partial charge < -0.3 is 15.0 Å². The summed E-state index contributed by atoms with van der Waals surface area (Å²) in [6.07, 6.45) is -2.34. The number of nitrogens with one attached hydrogen (secondary N) is 1. The Balaban J connectivity index is 1.39. The third-order valence-corrected chi connectivity index (χ3v) is 5.84. The van der Waals surface area contributed by atoms with Gasteiger partial charge in [-0.05, 0) is 56.0 Å². The van der Waals surface area contributed by atoms with E-state index in [1.165, 1.54) is 4.90 Å². The fourth-order valence-electron chi connectivity index (χ4n) is 4.16. The number of piperidine rings is 1. The molecule has 1 unspecified atom stereocenters. The summed E-state index contributed by atoms with van der Waals surface area (Å²) in [5.74, 6) is 0.689. The van der Waals surface area contributed by atoms with Crippen LogP contribution in [0.5, 0.6) is 5.75 Å². The van der Waals surface area contributed by atoms with Gasteiger partial charge in [0.05, 0.1) is 13.7 Å². The van der Waals surface area contributed by atoms with Gasteiger partial charge in [-0.3, -0.25) is 9.69 Å². The second-order valence-electron chi connectivity index (χ2n) is 8.05. The average Bonchev–Trinajstić information content (AvgIpc) is 3.17. The molecule has 1 aromatic carbocycles. The van der Waals surface area contributed by atoms with Crippen LogP contribution in [-0.2, 0) is 0 Å². The van der Waals surface area contributed by atoms with E-state index in [0.717, 1.165) is 0 Å². The van der Waals surface area contributed by atoms with Gasteiger partial charge in [0, 0.05) is 37.7 Å². The molecule has 9 heteroatoms. The number of halogens is 3. The van der Waals surface area contributed by atoms with Crippen LogP contribution in [0.1, 0.15) is 29.6 Å². The summed E-state index contributed by atoms with van der Waals surface area (Å²) in [6.45, 7) is 1.20. The molecule has 2 saturated heterocycles. The fourth-order valence-corrected chi connectivity index (χ4v) is 4.16. The highest BCUT2D eigenvalue weighted by Gasteiger charge is 2.34. The summed E-state index contributed by atoms with van der Waals surface area (Å²) in [5.41, 5.74) is 0.642. The molecule has 2 fully saturated rings. The first-order valence-corrected chi connectivity index (χ1v) is 10.3. The van der Waals surface area contributed by atoms with Crippen molar-refractivity contribution in [2.75, 3.05) is 46.4 Å². The van der Waals surface area contributed by atoms with Crippen LogP contribution in [0, 0.1) is 11.8 Å². The zero-order valence-electron chi connectivity index (χ0n) is 17.1. The van der Waals surface area contributed by atoms with Crippen LogP contribution < -0.4 is 10.1 Å². The largest absolute Gasteiger partial charge is 0.497 e. The van der Waals surface area contributed by atoms with Crippen LogP contribution in [0.4, 0.5) is 18.0 Å². The van der Waals surface area contributed by atoms with Crippen molar-refractivity contribution in [1.82, 2.24) is 15.1 Å². The number of hydrogen-bond acceptors (Lipinski definition) is 4. The molecule has 2 aliphatic rings. The summed E-state index contributed by atoms with van der Waals surface area (Å²) < 4.78 is 42.5. The summed E-state index contributed by atoms with van der Waals surface area (Å²) in [5, 5.41) is 2.85. The van der Waals surface area contributed by atoms with E-state index >= 15 is 0 Å². The minimum atomic E-state index is -4.19. The molecule has 30 heavy (non-hydrogen) atoms. The van der Waals surface area contributed by atoms with Crippen molar-refractivity contribution < 1.29 is 27.5 Å². The second-order valence-corrected chi connectivity index (χ2v) is 8.05. The molecule has 3 rings (SSSR count). The summed E-state index contributed by atoms with van der Waals surface area (Å²) in [7, 11) is 1.57. The number of Topliss-reactive ketones (excluding diaryl/α,β-unsaturated/α-hetero) is 1. The first-order chi connectivity index (χ1) is 14.2. The van der Waals surface area contributed by atoms with E-state index < -0.39 is 12.7 Å². The zero-order chi connectivity index (χ0) is 21.7. The van der Waals surface area contributed by atoms with Crippen LogP contribution in [0.25, 0.3) is 0 Å². The summed E-state index contributed by atoms with van der Waals surface area (Å²) >= 11 is 0. The maximum atomic E-state index is 12.7. The Morgan fingerprint density at radius 1 is 1.10 bits per heavy atom. The Kier molecular flexibility index (Phi) is 7.23. The highest BCUT2D eigenvalue weighted by molar-refractivity contribution is 5.98. The lowest BCUT2D eigenvalue weighted by Crippen LogP contribution is -2.46. The van der Waals surface area contributed by atoms with Gasteiger partial charge in [-0.25, -0.2) is 4.79 Å². The minimum absolute atomic E-state index is 0.0329. The molecule has 0 spiro atoms. The third-order valence-electron chi connectivity index (χ3n) is 5.84. The molecule has 1 aromatic rings. The molecule has 2 aliphatic heterocycles. The Morgan fingerprint density at radius 2 is 1.77 bits per heavy atom. The number of likely N-dealkylation sites (tertiary alicyclic amines) is 2. The first-order valence-electron chi connectivity index (χ1n) is 10.3. The third kappa shape index (κ3) is 6.10. The molecule has 0 radical (unpaired) electrons. The summed E-state index contributed by atoms with van der Waals surface area (Å²) in [6, 6.07) is 6.82. The van der Waals surface area contributed by atoms with E-state index in [1.54, 1.807) is 36.3 Å². The van der Waals surface area contributed by atoms with Crippen LogP contribution in [0.15, 0.2) is 24.3 Å². The first kappa shape index (κ1) is 22.4. The number of benzene rings is 1. The number of carbonyl (C=O) groups excluding carboxylic acids is 2. The van der Waals surface area contributed by atoms with Gasteiger partial charge in [0.1, 0.15) is 5.75 Å². The molecule has 1 atom stereocenters. The Labute approximate surface area is 174 Å². The SMILES string of the molecule is COc1ccc(C(=O)C2CCN(C(=O)NCC3CCN(CC(F)(F)F)C3)CC2)cc1. The van der Waals surface area contributed by atoms with Gasteiger partial charge in [-0.2, -0.15) is 13.2 Å². The lowest BCUT2D eigenvalue weighted by Gasteiger charge is -2.31. The number of amides is 2. The van der Waals surface area contributed by atoms with E-state index in [0.29, 0.717) is 63.3 Å². The molecule has 0 aliphatic carbocycles. The van der Waals surface area contributed by atoms with Crippen molar-refractivity contribution in [3.05, 3.63) is 29.8 Å². The number of hydrogen-bond donors (Lipinski definition) is 1.